The maximum atomic E-state index is 9.32. The van der Waals surface area contributed by atoms with Crippen LogP contribution in [0.15, 0.2) is 0 Å². The predicted octanol–water partition coefficient (Wildman–Crippen LogP) is 3.00. The molecule has 18 heavy (non-hydrogen) atoms. The monoisotopic (exact) mass is 268 g/mol. The Morgan fingerprint density at radius 3 is 2.50 bits per heavy atom. The first kappa shape index (κ1) is 14.0. The number of hydrogen-bond acceptors (Lipinski definition) is 4. The second-order valence-electron chi connectivity index (χ2n) is 5.92. The van der Waals surface area contributed by atoms with Gasteiger partial charge in [-0.15, -0.1) is 11.3 Å². The maximum Gasteiger partial charge on any atom is 0.0956 e. The molecule has 102 valence electrons. The summed E-state index contributed by atoms with van der Waals surface area (Å²) in [5.41, 5.74) is 1.32. The number of aromatic nitrogens is 1. The largest absolute Gasteiger partial charge is 0.396 e. The molecule has 2 rings (SSSR count). The number of nitrogens with zero attached hydrogens (tertiary/aromatic N) is 1. The second-order valence-corrected chi connectivity index (χ2v) is 6.98. The van der Waals surface area contributed by atoms with E-state index in [1.165, 1.54) is 9.88 Å². The van der Waals surface area contributed by atoms with Gasteiger partial charge in [-0.05, 0) is 26.7 Å². The Labute approximate surface area is 114 Å². The van der Waals surface area contributed by atoms with Crippen LogP contribution in [0.4, 0.5) is 0 Å². The van der Waals surface area contributed by atoms with Gasteiger partial charge >= 0.3 is 0 Å². The van der Waals surface area contributed by atoms with E-state index in [0.717, 1.165) is 25.1 Å². The molecule has 1 aromatic heterocycles. The molecule has 2 N–H and O–H groups in total. The molecular formula is C14H24N2OS. The fourth-order valence-electron chi connectivity index (χ4n) is 2.11. The molecule has 1 aliphatic rings. The van der Waals surface area contributed by atoms with Gasteiger partial charge in [0.25, 0.3) is 0 Å². The van der Waals surface area contributed by atoms with E-state index in [0.29, 0.717) is 18.6 Å². The van der Waals surface area contributed by atoms with Crippen LogP contribution >= 0.6 is 11.3 Å². The summed E-state index contributed by atoms with van der Waals surface area (Å²) in [4.78, 5) is 5.98. The lowest BCUT2D eigenvalue weighted by atomic mass is 10.1. The molecule has 0 aliphatic heterocycles. The van der Waals surface area contributed by atoms with Crippen LogP contribution in [0.5, 0.6) is 0 Å². The molecule has 0 bridgehead atoms. The van der Waals surface area contributed by atoms with Crippen LogP contribution in [0, 0.1) is 12.3 Å². The first-order chi connectivity index (χ1) is 8.47. The number of aliphatic hydroxyl groups excluding tert-OH is 1. The van der Waals surface area contributed by atoms with Gasteiger partial charge in [0.2, 0.25) is 0 Å². The standard InChI is InChI=1S/C14H24N2OS/c1-9(2)13-16-11(4)12(18-13)10(3)15-7-14(8-17)5-6-14/h9-10,15,17H,5-8H2,1-4H3. The molecule has 0 aromatic carbocycles. The number of hydrogen-bond donors (Lipinski definition) is 2. The summed E-state index contributed by atoms with van der Waals surface area (Å²) in [6.07, 6.45) is 2.31. The highest BCUT2D eigenvalue weighted by molar-refractivity contribution is 7.11. The van der Waals surface area contributed by atoms with Crippen LogP contribution in [0.25, 0.3) is 0 Å². The lowest BCUT2D eigenvalue weighted by Crippen LogP contribution is -2.28. The molecule has 1 unspecified atom stereocenters. The Kier molecular flexibility index (Phi) is 4.09. The second kappa shape index (κ2) is 5.27. The fourth-order valence-corrected chi connectivity index (χ4v) is 3.21. The third-order valence-electron chi connectivity index (χ3n) is 3.81. The van der Waals surface area contributed by atoms with E-state index in [2.05, 4.69) is 38.0 Å². The smallest absolute Gasteiger partial charge is 0.0956 e. The van der Waals surface area contributed by atoms with Crippen molar-refractivity contribution in [3.05, 3.63) is 15.6 Å². The summed E-state index contributed by atoms with van der Waals surface area (Å²) < 4.78 is 0. The van der Waals surface area contributed by atoms with Gasteiger partial charge < -0.3 is 10.4 Å². The highest BCUT2D eigenvalue weighted by Crippen LogP contribution is 2.44. The van der Waals surface area contributed by atoms with Gasteiger partial charge in [-0.3, -0.25) is 0 Å². The summed E-state index contributed by atoms with van der Waals surface area (Å²) in [5.74, 6) is 0.502. The van der Waals surface area contributed by atoms with Crippen LogP contribution in [-0.4, -0.2) is 23.2 Å². The van der Waals surface area contributed by atoms with Crippen molar-refractivity contribution in [1.82, 2.24) is 10.3 Å². The lowest BCUT2D eigenvalue weighted by Gasteiger charge is -2.17. The minimum absolute atomic E-state index is 0.174. The van der Waals surface area contributed by atoms with Crippen molar-refractivity contribution in [2.45, 2.75) is 52.5 Å². The van der Waals surface area contributed by atoms with E-state index in [1.807, 2.05) is 11.3 Å². The maximum absolute atomic E-state index is 9.32. The molecule has 0 amide bonds. The van der Waals surface area contributed by atoms with Crippen LogP contribution in [-0.2, 0) is 0 Å². The Morgan fingerprint density at radius 2 is 2.06 bits per heavy atom. The van der Waals surface area contributed by atoms with E-state index in [1.54, 1.807) is 0 Å². The summed E-state index contributed by atoms with van der Waals surface area (Å²) in [6, 6.07) is 0.332. The summed E-state index contributed by atoms with van der Waals surface area (Å²) in [5, 5.41) is 14.1. The van der Waals surface area contributed by atoms with Gasteiger partial charge in [0.05, 0.1) is 10.7 Å². The molecule has 1 saturated carbocycles. The van der Waals surface area contributed by atoms with Crippen LogP contribution < -0.4 is 5.32 Å². The number of aryl methyl sites for hydroxylation is 1. The van der Waals surface area contributed by atoms with Crippen molar-refractivity contribution >= 4 is 11.3 Å². The number of nitrogens with one attached hydrogen (secondary N) is 1. The van der Waals surface area contributed by atoms with E-state index < -0.39 is 0 Å². The van der Waals surface area contributed by atoms with Gasteiger partial charge in [0, 0.05) is 35.4 Å². The molecule has 1 aromatic rings. The average Bonchev–Trinajstić information content (AvgIpc) is 3.02. The summed E-state index contributed by atoms with van der Waals surface area (Å²) >= 11 is 1.82. The molecule has 1 atom stereocenters. The van der Waals surface area contributed by atoms with E-state index in [4.69, 9.17) is 0 Å². The highest BCUT2D eigenvalue weighted by atomic mass is 32.1. The zero-order valence-electron chi connectivity index (χ0n) is 11.8. The zero-order chi connectivity index (χ0) is 13.3. The fraction of sp³-hybridized carbons (Fsp3) is 0.786. The van der Waals surface area contributed by atoms with Crippen molar-refractivity contribution in [2.24, 2.45) is 5.41 Å². The molecule has 4 heteroatoms. The Morgan fingerprint density at radius 1 is 1.39 bits per heavy atom. The van der Waals surface area contributed by atoms with Crippen molar-refractivity contribution in [3.63, 3.8) is 0 Å². The SMILES string of the molecule is Cc1nc(C(C)C)sc1C(C)NCC1(CO)CC1. The lowest BCUT2D eigenvalue weighted by molar-refractivity contribution is 0.205. The molecular weight excluding hydrogens is 244 g/mol. The summed E-state index contributed by atoms with van der Waals surface area (Å²) in [7, 11) is 0. The van der Waals surface area contributed by atoms with Crippen molar-refractivity contribution < 1.29 is 5.11 Å². The Hall–Kier alpha value is -0.450. The zero-order valence-corrected chi connectivity index (χ0v) is 12.6. The normalized spacial score (nSPS) is 19.2. The molecule has 1 heterocycles. The first-order valence-corrected chi connectivity index (χ1v) is 7.60. The molecule has 0 radical (unpaired) electrons. The van der Waals surface area contributed by atoms with Gasteiger partial charge in [-0.25, -0.2) is 4.98 Å². The Bertz CT molecular complexity index is 410. The van der Waals surface area contributed by atoms with Crippen LogP contribution in [0.2, 0.25) is 0 Å². The minimum Gasteiger partial charge on any atom is -0.396 e. The third kappa shape index (κ3) is 2.92. The van der Waals surface area contributed by atoms with E-state index in [-0.39, 0.29) is 5.41 Å². The van der Waals surface area contributed by atoms with Crippen LogP contribution in [0.1, 0.15) is 61.2 Å². The van der Waals surface area contributed by atoms with E-state index in [9.17, 15) is 5.11 Å². The topological polar surface area (TPSA) is 45.2 Å². The average molecular weight is 268 g/mol. The molecule has 1 fully saturated rings. The highest BCUT2D eigenvalue weighted by Gasteiger charge is 2.41. The summed E-state index contributed by atoms with van der Waals surface area (Å²) in [6.45, 7) is 9.88. The number of rotatable bonds is 6. The predicted molar refractivity (Wildman–Crippen MR) is 76.1 cm³/mol. The third-order valence-corrected chi connectivity index (χ3v) is 5.45. The first-order valence-electron chi connectivity index (χ1n) is 6.79. The molecule has 3 nitrogen and oxygen atoms in total. The van der Waals surface area contributed by atoms with Gasteiger partial charge in [-0.2, -0.15) is 0 Å². The van der Waals surface area contributed by atoms with Crippen molar-refractivity contribution in [1.29, 1.82) is 0 Å². The number of thiazole rings is 1. The van der Waals surface area contributed by atoms with Gasteiger partial charge in [0.15, 0.2) is 0 Å². The van der Waals surface area contributed by atoms with Crippen molar-refractivity contribution in [3.8, 4) is 0 Å². The quantitative estimate of drug-likeness (QED) is 0.833. The van der Waals surface area contributed by atoms with Crippen LogP contribution in [0.3, 0.4) is 0 Å². The Balaban J connectivity index is 1.98. The van der Waals surface area contributed by atoms with Gasteiger partial charge in [0.1, 0.15) is 0 Å². The van der Waals surface area contributed by atoms with Gasteiger partial charge in [-0.1, -0.05) is 13.8 Å². The molecule has 0 saturated heterocycles. The molecule has 1 aliphatic carbocycles. The molecule has 0 spiro atoms. The minimum atomic E-state index is 0.174. The number of aliphatic hydroxyl groups is 1. The van der Waals surface area contributed by atoms with E-state index >= 15 is 0 Å². The van der Waals surface area contributed by atoms with Crippen molar-refractivity contribution in [2.75, 3.05) is 13.2 Å².